The fourth-order valence-corrected chi connectivity index (χ4v) is 4.55. The summed E-state index contributed by atoms with van der Waals surface area (Å²) in [6.45, 7) is 1.67. The summed E-state index contributed by atoms with van der Waals surface area (Å²) in [6, 6.07) is 13.1. The lowest BCUT2D eigenvalue weighted by molar-refractivity contribution is 0.0956. The number of halogens is 2. The third-order valence-electron chi connectivity index (χ3n) is 4.81. The minimum absolute atomic E-state index is 0.0264. The maximum Gasteiger partial charge on any atom is 0.259 e. The molecular weight excluding hydrogens is 471 g/mol. The van der Waals surface area contributed by atoms with Gasteiger partial charge < -0.3 is 9.84 Å². The third kappa shape index (κ3) is 5.03. The zero-order valence-corrected chi connectivity index (χ0v) is 18.9. The van der Waals surface area contributed by atoms with Crippen molar-refractivity contribution in [1.29, 1.82) is 0 Å². The van der Waals surface area contributed by atoms with E-state index in [0.29, 0.717) is 27.4 Å². The molecule has 2 N–H and O–H groups in total. The second-order valence-corrected chi connectivity index (χ2v) is 9.32. The largest absolute Gasteiger partial charge is 0.351 e. The van der Waals surface area contributed by atoms with E-state index in [1.54, 1.807) is 31.2 Å². The van der Waals surface area contributed by atoms with Crippen LogP contribution < -0.4 is 10.0 Å². The smallest absolute Gasteiger partial charge is 0.259 e. The molecule has 2 aromatic carbocycles. The van der Waals surface area contributed by atoms with Crippen molar-refractivity contribution in [2.45, 2.75) is 11.8 Å². The van der Waals surface area contributed by atoms with Gasteiger partial charge in [0.2, 0.25) is 10.0 Å². The Balaban J connectivity index is 1.51. The lowest BCUT2D eigenvalue weighted by Crippen LogP contribution is -2.34. The van der Waals surface area contributed by atoms with Crippen LogP contribution in [0, 0.1) is 12.7 Å². The van der Waals surface area contributed by atoms with Crippen LogP contribution in [0.2, 0.25) is 5.02 Å². The molecule has 4 aromatic rings. The molecule has 0 atom stereocenters. The van der Waals surface area contributed by atoms with Gasteiger partial charge in [0, 0.05) is 23.7 Å². The first kappa shape index (κ1) is 22.8. The SMILES string of the molecule is Cc1noc2nc(-c3ccc(F)cc3)cc(C(=O)NCCNS(=O)(=O)c3cccc(Cl)c3)c12. The predicted molar refractivity (Wildman–Crippen MR) is 121 cm³/mol. The first-order valence-corrected chi connectivity index (χ1v) is 11.7. The van der Waals surface area contributed by atoms with Crippen LogP contribution in [0.4, 0.5) is 4.39 Å². The van der Waals surface area contributed by atoms with Crippen LogP contribution in [0.1, 0.15) is 16.1 Å². The van der Waals surface area contributed by atoms with Crippen LogP contribution in [0.15, 0.2) is 64.0 Å². The number of hydrogen-bond donors (Lipinski definition) is 2. The maximum absolute atomic E-state index is 13.3. The monoisotopic (exact) mass is 488 g/mol. The first-order chi connectivity index (χ1) is 15.7. The molecule has 2 aromatic heterocycles. The molecule has 0 aliphatic rings. The molecule has 0 unspecified atom stereocenters. The van der Waals surface area contributed by atoms with Gasteiger partial charge in [-0.05, 0) is 55.5 Å². The number of nitrogens with one attached hydrogen (secondary N) is 2. The Morgan fingerprint density at radius 1 is 1.12 bits per heavy atom. The van der Waals surface area contributed by atoms with Gasteiger partial charge in [0.25, 0.3) is 11.6 Å². The summed E-state index contributed by atoms with van der Waals surface area (Å²) in [5.74, 6) is -0.854. The number of rotatable bonds is 7. The standard InChI is InChI=1S/C22H18ClFN4O4S/c1-13-20-18(12-19(27-22(20)32-28-13)14-5-7-16(24)8-6-14)21(29)25-9-10-26-33(30,31)17-4-2-3-15(23)11-17/h2-8,11-12,26H,9-10H2,1H3,(H,25,29). The molecule has 0 fully saturated rings. The average molecular weight is 489 g/mol. The average Bonchev–Trinajstić information content (AvgIpc) is 3.17. The second-order valence-electron chi connectivity index (χ2n) is 7.12. The van der Waals surface area contributed by atoms with Crippen molar-refractivity contribution in [1.82, 2.24) is 20.2 Å². The number of nitrogens with zero attached hydrogens (tertiary/aromatic N) is 2. The summed E-state index contributed by atoms with van der Waals surface area (Å²) in [4.78, 5) is 17.3. The Kier molecular flexibility index (Phi) is 6.41. The molecule has 0 aliphatic carbocycles. The van der Waals surface area contributed by atoms with Gasteiger partial charge in [0.15, 0.2) is 0 Å². The van der Waals surface area contributed by atoms with Gasteiger partial charge in [-0.3, -0.25) is 4.79 Å². The van der Waals surface area contributed by atoms with Crippen LogP contribution in [-0.2, 0) is 10.0 Å². The second kappa shape index (κ2) is 9.26. The minimum atomic E-state index is -3.78. The maximum atomic E-state index is 13.3. The van der Waals surface area contributed by atoms with Crippen molar-refractivity contribution < 1.29 is 22.1 Å². The zero-order chi connectivity index (χ0) is 23.6. The van der Waals surface area contributed by atoms with Crippen LogP contribution >= 0.6 is 11.6 Å². The number of aromatic nitrogens is 2. The highest BCUT2D eigenvalue weighted by Gasteiger charge is 2.20. The van der Waals surface area contributed by atoms with Gasteiger partial charge in [0.1, 0.15) is 5.82 Å². The highest BCUT2D eigenvalue weighted by atomic mass is 35.5. The first-order valence-electron chi connectivity index (χ1n) is 9.81. The van der Waals surface area contributed by atoms with Crippen molar-refractivity contribution in [2.75, 3.05) is 13.1 Å². The lowest BCUT2D eigenvalue weighted by Gasteiger charge is -2.10. The van der Waals surface area contributed by atoms with E-state index in [1.807, 2.05) is 0 Å². The van der Waals surface area contributed by atoms with E-state index in [4.69, 9.17) is 16.1 Å². The molecule has 2 heterocycles. The number of amides is 1. The van der Waals surface area contributed by atoms with Crippen LogP contribution in [0.3, 0.4) is 0 Å². The number of carbonyl (C=O) groups is 1. The number of aryl methyl sites for hydroxylation is 1. The normalized spacial score (nSPS) is 11.6. The molecule has 11 heteroatoms. The number of hydrogen-bond acceptors (Lipinski definition) is 6. The summed E-state index contributed by atoms with van der Waals surface area (Å²) in [7, 11) is -3.78. The third-order valence-corrected chi connectivity index (χ3v) is 6.50. The highest BCUT2D eigenvalue weighted by molar-refractivity contribution is 7.89. The molecule has 8 nitrogen and oxygen atoms in total. The van der Waals surface area contributed by atoms with E-state index >= 15 is 0 Å². The molecule has 0 radical (unpaired) electrons. The fourth-order valence-electron chi connectivity index (χ4n) is 3.22. The van der Waals surface area contributed by atoms with E-state index in [2.05, 4.69) is 20.2 Å². The van der Waals surface area contributed by atoms with Crippen LogP contribution in [-0.4, -0.2) is 37.6 Å². The minimum Gasteiger partial charge on any atom is -0.351 e. The van der Waals surface area contributed by atoms with Crippen molar-refractivity contribution in [3.63, 3.8) is 0 Å². The molecular formula is C22H18ClFN4O4S. The number of carbonyl (C=O) groups excluding carboxylic acids is 1. The quantitative estimate of drug-likeness (QED) is 0.383. The molecule has 0 saturated heterocycles. The van der Waals surface area contributed by atoms with Crippen LogP contribution in [0.25, 0.3) is 22.4 Å². The van der Waals surface area contributed by atoms with Gasteiger partial charge in [-0.2, -0.15) is 0 Å². The topological polar surface area (TPSA) is 114 Å². The Morgan fingerprint density at radius 2 is 1.88 bits per heavy atom. The number of sulfonamides is 1. The Hall–Kier alpha value is -3.34. The molecule has 0 spiro atoms. The van der Waals surface area contributed by atoms with Crippen molar-refractivity contribution in [3.8, 4) is 11.3 Å². The van der Waals surface area contributed by atoms with Gasteiger partial charge in [-0.1, -0.05) is 22.8 Å². The van der Waals surface area contributed by atoms with Gasteiger partial charge >= 0.3 is 0 Å². The summed E-state index contributed by atoms with van der Waals surface area (Å²) in [6.07, 6.45) is 0. The van der Waals surface area contributed by atoms with E-state index in [9.17, 15) is 17.6 Å². The molecule has 0 saturated carbocycles. The van der Waals surface area contributed by atoms with Gasteiger partial charge in [-0.25, -0.2) is 22.5 Å². The summed E-state index contributed by atoms with van der Waals surface area (Å²) >= 11 is 5.85. The summed E-state index contributed by atoms with van der Waals surface area (Å²) in [5, 5.41) is 7.30. The molecule has 33 heavy (non-hydrogen) atoms. The van der Waals surface area contributed by atoms with Gasteiger partial charge in [-0.15, -0.1) is 0 Å². The summed E-state index contributed by atoms with van der Waals surface area (Å²) in [5.41, 5.74) is 1.91. The van der Waals surface area contributed by atoms with Crippen molar-refractivity contribution >= 4 is 38.6 Å². The molecule has 1 amide bonds. The molecule has 170 valence electrons. The van der Waals surface area contributed by atoms with E-state index in [0.717, 1.165) is 0 Å². The van der Waals surface area contributed by atoms with Crippen molar-refractivity contribution in [2.24, 2.45) is 0 Å². The van der Waals surface area contributed by atoms with E-state index in [1.165, 1.54) is 30.3 Å². The molecule has 0 aliphatic heterocycles. The van der Waals surface area contributed by atoms with Crippen molar-refractivity contribution in [3.05, 3.63) is 76.7 Å². The fraction of sp³-hybridized carbons (Fsp3) is 0.136. The Bertz CT molecular complexity index is 1440. The number of fused-ring (bicyclic) bond motifs is 1. The highest BCUT2D eigenvalue weighted by Crippen LogP contribution is 2.27. The van der Waals surface area contributed by atoms with E-state index < -0.39 is 21.7 Å². The van der Waals surface area contributed by atoms with Gasteiger partial charge in [0.05, 0.1) is 27.2 Å². The Morgan fingerprint density at radius 3 is 2.61 bits per heavy atom. The molecule has 0 bridgehead atoms. The predicted octanol–water partition coefficient (Wildman–Crippen LogP) is 3.70. The Labute approximate surface area is 193 Å². The van der Waals surface area contributed by atoms with Crippen LogP contribution in [0.5, 0.6) is 0 Å². The zero-order valence-electron chi connectivity index (χ0n) is 17.3. The lowest BCUT2D eigenvalue weighted by atomic mass is 10.1. The van der Waals surface area contributed by atoms with E-state index in [-0.39, 0.29) is 29.3 Å². The number of pyridine rings is 1. The number of benzene rings is 2. The summed E-state index contributed by atoms with van der Waals surface area (Å²) < 4.78 is 45.7. The molecule has 4 rings (SSSR count).